The number of anilines is 1. The van der Waals surface area contributed by atoms with Gasteiger partial charge in [0.2, 0.25) is 0 Å². The van der Waals surface area contributed by atoms with Crippen molar-refractivity contribution in [3.8, 4) is 0 Å². The van der Waals surface area contributed by atoms with Crippen LogP contribution < -0.4 is 10.6 Å². The molecule has 0 bridgehead atoms. The van der Waals surface area contributed by atoms with Gasteiger partial charge in [-0.15, -0.1) is 10.2 Å². The first kappa shape index (κ1) is 12.0. The average Bonchev–Trinajstić information content (AvgIpc) is 2.82. The number of hydrogen-bond acceptors (Lipinski definition) is 6. The van der Waals surface area contributed by atoms with Crippen LogP contribution >= 0.6 is 0 Å². The van der Waals surface area contributed by atoms with E-state index in [4.69, 9.17) is 4.52 Å². The highest BCUT2D eigenvalue weighted by molar-refractivity contribution is 5.91. The van der Waals surface area contributed by atoms with E-state index in [0.717, 1.165) is 5.69 Å². The summed E-state index contributed by atoms with van der Waals surface area (Å²) in [7, 11) is 1.54. The molecular formula is C11H13N5O2. The lowest BCUT2D eigenvalue weighted by atomic mass is 10.3. The minimum absolute atomic E-state index is 0.264. The summed E-state index contributed by atoms with van der Waals surface area (Å²) in [6, 6.07) is 5.11. The molecule has 0 spiro atoms. The zero-order valence-electron chi connectivity index (χ0n) is 10.1. The molecule has 0 fully saturated rings. The van der Waals surface area contributed by atoms with Crippen LogP contribution in [0.1, 0.15) is 21.9 Å². The molecule has 7 heteroatoms. The number of amides is 1. The molecule has 1 amide bonds. The second-order valence-electron chi connectivity index (χ2n) is 3.67. The second-order valence-corrected chi connectivity index (χ2v) is 3.67. The fourth-order valence-corrected chi connectivity index (χ4v) is 1.35. The Labute approximate surface area is 104 Å². The van der Waals surface area contributed by atoms with E-state index in [0.29, 0.717) is 18.1 Å². The van der Waals surface area contributed by atoms with Gasteiger partial charge in [-0.05, 0) is 19.1 Å². The van der Waals surface area contributed by atoms with E-state index in [9.17, 15) is 4.79 Å². The van der Waals surface area contributed by atoms with Crippen LogP contribution in [-0.2, 0) is 6.54 Å². The predicted octanol–water partition coefficient (Wildman–Crippen LogP) is 0.745. The van der Waals surface area contributed by atoms with Crippen LogP contribution in [0.2, 0.25) is 0 Å². The smallest absolute Gasteiger partial charge is 0.271 e. The van der Waals surface area contributed by atoms with Gasteiger partial charge >= 0.3 is 0 Å². The molecule has 2 heterocycles. The maximum Gasteiger partial charge on any atom is 0.271 e. The van der Waals surface area contributed by atoms with Crippen molar-refractivity contribution in [1.29, 1.82) is 0 Å². The zero-order chi connectivity index (χ0) is 13.0. The number of rotatable bonds is 4. The van der Waals surface area contributed by atoms with E-state index in [1.54, 1.807) is 19.2 Å². The third kappa shape index (κ3) is 2.82. The Morgan fingerprint density at radius 2 is 2.22 bits per heavy atom. The minimum Gasteiger partial charge on any atom is -0.361 e. The fourth-order valence-electron chi connectivity index (χ4n) is 1.35. The van der Waals surface area contributed by atoms with Crippen molar-refractivity contribution in [2.75, 3.05) is 12.4 Å². The fraction of sp³-hybridized carbons (Fsp3) is 0.273. The lowest BCUT2D eigenvalue weighted by Crippen LogP contribution is -2.19. The number of hydrogen-bond donors (Lipinski definition) is 2. The number of aromatic nitrogens is 3. The standard InChI is InChI=1S/C11H13N5O2/c1-7-5-8(18-16-7)6-13-10-4-3-9(14-15-10)11(17)12-2/h3-5H,6H2,1-2H3,(H,12,17)(H,13,15). The van der Waals surface area contributed by atoms with Crippen molar-refractivity contribution in [2.24, 2.45) is 0 Å². The molecule has 0 aliphatic rings. The van der Waals surface area contributed by atoms with E-state index in [-0.39, 0.29) is 11.6 Å². The van der Waals surface area contributed by atoms with Crippen molar-refractivity contribution in [3.63, 3.8) is 0 Å². The lowest BCUT2D eigenvalue weighted by Gasteiger charge is -2.02. The molecule has 2 rings (SSSR count). The molecule has 94 valence electrons. The molecule has 2 N–H and O–H groups in total. The number of nitrogens with one attached hydrogen (secondary N) is 2. The Kier molecular flexibility index (Phi) is 3.52. The van der Waals surface area contributed by atoms with Crippen LogP contribution in [0.4, 0.5) is 5.82 Å². The van der Waals surface area contributed by atoms with Crippen molar-refractivity contribution in [2.45, 2.75) is 13.5 Å². The summed E-state index contributed by atoms with van der Waals surface area (Å²) in [4.78, 5) is 11.2. The SMILES string of the molecule is CNC(=O)c1ccc(NCc2cc(C)no2)nn1. The van der Waals surface area contributed by atoms with Crippen LogP contribution in [0.25, 0.3) is 0 Å². The van der Waals surface area contributed by atoms with Gasteiger partial charge in [-0.25, -0.2) is 0 Å². The Balaban J connectivity index is 1.96. The Morgan fingerprint density at radius 3 is 2.78 bits per heavy atom. The van der Waals surface area contributed by atoms with Crippen molar-refractivity contribution in [1.82, 2.24) is 20.7 Å². The topological polar surface area (TPSA) is 92.9 Å². The molecule has 0 radical (unpaired) electrons. The van der Waals surface area contributed by atoms with Gasteiger partial charge in [0.1, 0.15) is 5.82 Å². The maximum absolute atomic E-state index is 11.2. The van der Waals surface area contributed by atoms with Crippen LogP contribution in [0, 0.1) is 6.92 Å². The summed E-state index contributed by atoms with van der Waals surface area (Å²) in [6.07, 6.45) is 0. The van der Waals surface area contributed by atoms with Crippen molar-refractivity contribution >= 4 is 11.7 Å². The van der Waals surface area contributed by atoms with Gasteiger partial charge in [0.15, 0.2) is 11.5 Å². The highest BCUT2D eigenvalue weighted by atomic mass is 16.5. The van der Waals surface area contributed by atoms with Crippen LogP contribution in [0.15, 0.2) is 22.7 Å². The molecular weight excluding hydrogens is 234 g/mol. The molecule has 0 aliphatic heterocycles. The number of nitrogens with zero attached hydrogens (tertiary/aromatic N) is 3. The first-order valence-electron chi connectivity index (χ1n) is 5.41. The summed E-state index contributed by atoms with van der Waals surface area (Å²) in [6.45, 7) is 2.32. The molecule has 18 heavy (non-hydrogen) atoms. The highest BCUT2D eigenvalue weighted by Crippen LogP contribution is 2.07. The normalized spacial score (nSPS) is 10.1. The quantitative estimate of drug-likeness (QED) is 0.828. The first-order chi connectivity index (χ1) is 8.69. The van der Waals surface area contributed by atoms with Gasteiger partial charge in [-0.1, -0.05) is 5.16 Å². The number of carbonyl (C=O) groups is 1. The van der Waals surface area contributed by atoms with Gasteiger partial charge in [0.25, 0.3) is 5.91 Å². The van der Waals surface area contributed by atoms with Gasteiger partial charge < -0.3 is 15.2 Å². The van der Waals surface area contributed by atoms with Gasteiger partial charge in [-0.3, -0.25) is 4.79 Å². The van der Waals surface area contributed by atoms with Gasteiger partial charge in [0, 0.05) is 13.1 Å². The predicted molar refractivity (Wildman–Crippen MR) is 64.0 cm³/mol. The van der Waals surface area contributed by atoms with Crippen LogP contribution in [0.5, 0.6) is 0 Å². The zero-order valence-corrected chi connectivity index (χ0v) is 10.1. The molecule has 0 aromatic carbocycles. The average molecular weight is 247 g/mol. The minimum atomic E-state index is -0.264. The number of carbonyl (C=O) groups excluding carboxylic acids is 1. The van der Waals surface area contributed by atoms with Gasteiger partial charge in [-0.2, -0.15) is 0 Å². The van der Waals surface area contributed by atoms with E-state index in [1.165, 1.54) is 0 Å². The summed E-state index contributed by atoms with van der Waals surface area (Å²) in [5, 5.41) is 17.0. The van der Waals surface area contributed by atoms with Crippen LogP contribution in [-0.4, -0.2) is 28.3 Å². The lowest BCUT2D eigenvalue weighted by molar-refractivity contribution is 0.0957. The molecule has 2 aromatic heterocycles. The third-order valence-electron chi connectivity index (χ3n) is 2.24. The molecule has 2 aromatic rings. The summed E-state index contributed by atoms with van der Waals surface area (Å²) < 4.78 is 5.04. The molecule has 0 saturated carbocycles. The van der Waals surface area contributed by atoms with Crippen molar-refractivity contribution < 1.29 is 9.32 Å². The Hall–Kier alpha value is -2.44. The molecule has 0 aliphatic carbocycles. The Morgan fingerprint density at radius 1 is 1.39 bits per heavy atom. The van der Waals surface area contributed by atoms with E-state index in [1.807, 2.05) is 13.0 Å². The molecule has 0 atom stereocenters. The summed E-state index contributed by atoms with van der Waals surface area (Å²) in [5.74, 6) is 1.02. The monoisotopic (exact) mass is 247 g/mol. The van der Waals surface area contributed by atoms with Crippen LogP contribution in [0.3, 0.4) is 0 Å². The number of aryl methyl sites for hydroxylation is 1. The van der Waals surface area contributed by atoms with Crippen molar-refractivity contribution in [3.05, 3.63) is 35.3 Å². The molecule has 7 nitrogen and oxygen atoms in total. The second kappa shape index (κ2) is 5.26. The maximum atomic E-state index is 11.2. The summed E-state index contributed by atoms with van der Waals surface area (Å²) in [5.41, 5.74) is 1.10. The highest BCUT2D eigenvalue weighted by Gasteiger charge is 2.06. The van der Waals surface area contributed by atoms with E-state index >= 15 is 0 Å². The van der Waals surface area contributed by atoms with E-state index in [2.05, 4.69) is 26.0 Å². The third-order valence-corrected chi connectivity index (χ3v) is 2.24. The largest absolute Gasteiger partial charge is 0.361 e. The van der Waals surface area contributed by atoms with E-state index < -0.39 is 0 Å². The molecule has 0 saturated heterocycles. The first-order valence-corrected chi connectivity index (χ1v) is 5.41. The summed E-state index contributed by atoms with van der Waals surface area (Å²) >= 11 is 0. The van der Waals surface area contributed by atoms with Gasteiger partial charge in [0.05, 0.1) is 12.2 Å². The molecule has 0 unspecified atom stereocenters. The Bertz CT molecular complexity index is 535.